The first-order valence-electron chi connectivity index (χ1n) is 10.8. The number of aromatic amines is 1. The second kappa shape index (κ2) is 7.87. The molecule has 0 spiro atoms. The van der Waals surface area contributed by atoms with Crippen molar-refractivity contribution in [2.45, 2.75) is 44.2 Å². The normalized spacial score (nSPS) is 23.0. The number of hydrogen-bond acceptors (Lipinski definition) is 4. The summed E-state index contributed by atoms with van der Waals surface area (Å²) in [5, 5.41) is 17.2. The number of rotatable bonds is 5. The van der Waals surface area contributed by atoms with Crippen LogP contribution in [0.1, 0.15) is 42.6 Å². The van der Waals surface area contributed by atoms with Crippen LogP contribution in [0.2, 0.25) is 0 Å². The number of likely N-dealkylation sites (tertiary alicyclic amines) is 2. The Morgan fingerprint density at radius 3 is 2.87 bits per heavy atom. The molecule has 30 heavy (non-hydrogen) atoms. The summed E-state index contributed by atoms with van der Waals surface area (Å²) in [5.41, 5.74) is 6.87. The predicted octanol–water partition coefficient (Wildman–Crippen LogP) is 4.36. The molecule has 1 aromatic heterocycles. The van der Waals surface area contributed by atoms with Crippen LogP contribution in [0.25, 0.3) is 11.3 Å². The van der Waals surface area contributed by atoms with E-state index in [2.05, 4.69) is 76.4 Å². The highest BCUT2D eigenvalue weighted by Gasteiger charge is 2.40. The Hall–Kier alpha value is -3.26. The summed E-state index contributed by atoms with van der Waals surface area (Å²) >= 11 is 0. The van der Waals surface area contributed by atoms with E-state index in [4.69, 9.17) is 0 Å². The van der Waals surface area contributed by atoms with E-state index >= 15 is 0 Å². The molecule has 2 fully saturated rings. The van der Waals surface area contributed by atoms with E-state index in [1.165, 1.54) is 16.7 Å². The van der Waals surface area contributed by atoms with Crippen LogP contribution in [-0.2, 0) is 6.42 Å². The highest BCUT2D eigenvalue weighted by Crippen LogP contribution is 2.35. The molecule has 5 rings (SSSR count). The van der Waals surface area contributed by atoms with Gasteiger partial charge in [0.05, 0.1) is 11.4 Å². The molecule has 2 aromatic rings. The van der Waals surface area contributed by atoms with Gasteiger partial charge in [0, 0.05) is 25.2 Å². The maximum Gasteiger partial charge on any atom is 0.179 e. The van der Waals surface area contributed by atoms with Crippen molar-refractivity contribution in [1.82, 2.24) is 20.0 Å². The minimum atomic E-state index is 0.360. The Labute approximate surface area is 178 Å². The standard InChI is InChI=1S/C25H27N5/c1-18(30-12-11-21-14-22(30)16-29(21)17-26)24-15-25(28-27-24)23-10-6-5-9-20(23)13-19-7-3-2-4-8-19/h2-4,7-10,15,21-22H,1,5-6,11-14,16H2,(H,27,28)/t21-,22+/m1/s1. The smallest absolute Gasteiger partial charge is 0.179 e. The third-order valence-corrected chi connectivity index (χ3v) is 6.66. The van der Waals surface area contributed by atoms with Crippen molar-refractivity contribution in [3.8, 4) is 6.19 Å². The highest BCUT2D eigenvalue weighted by molar-refractivity contribution is 5.79. The summed E-state index contributed by atoms with van der Waals surface area (Å²) in [5.74, 6) is 0. The minimum absolute atomic E-state index is 0.360. The van der Waals surface area contributed by atoms with Gasteiger partial charge in [-0.05, 0) is 54.9 Å². The van der Waals surface area contributed by atoms with Gasteiger partial charge in [-0.2, -0.15) is 10.4 Å². The van der Waals surface area contributed by atoms with E-state index < -0.39 is 0 Å². The second-order valence-electron chi connectivity index (χ2n) is 8.48. The summed E-state index contributed by atoms with van der Waals surface area (Å²) in [7, 11) is 0. The number of H-pyrrole nitrogens is 1. The fraction of sp³-hybridized carbons (Fsp3) is 0.360. The molecule has 5 nitrogen and oxygen atoms in total. The molecule has 2 bridgehead atoms. The molecule has 0 amide bonds. The number of hydrogen-bond donors (Lipinski definition) is 1. The molecule has 5 heteroatoms. The average molecular weight is 398 g/mol. The van der Waals surface area contributed by atoms with Gasteiger partial charge in [-0.1, -0.05) is 49.1 Å². The monoisotopic (exact) mass is 397 g/mol. The van der Waals surface area contributed by atoms with Crippen LogP contribution in [0.15, 0.2) is 60.7 Å². The Bertz CT molecular complexity index is 1040. The quantitative estimate of drug-likeness (QED) is 0.762. The van der Waals surface area contributed by atoms with Gasteiger partial charge in [0.2, 0.25) is 0 Å². The molecular formula is C25H27N5. The van der Waals surface area contributed by atoms with Crippen LogP contribution in [0.5, 0.6) is 0 Å². The first-order valence-corrected chi connectivity index (χ1v) is 10.8. The van der Waals surface area contributed by atoms with Crippen molar-refractivity contribution >= 4 is 11.3 Å². The lowest BCUT2D eigenvalue weighted by Gasteiger charge is -2.34. The van der Waals surface area contributed by atoms with E-state index in [1.54, 1.807) is 0 Å². The number of nitriles is 1. The van der Waals surface area contributed by atoms with Crippen LogP contribution in [0, 0.1) is 11.5 Å². The number of fused-ring (bicyclic) bond motifs is 2. The molecule has 2 atom stereocenters. The lowest BCUT2D eigenvalue weighted by molar-refractivity contribution is 0.256. The summed E-state index contributed by atoms with van der Waals surface area (Å²) < 4.78 is 0. The van der Waals surface area contributed by atoms with Crippen LogP contribution in [0.4, 0.5) is 0 Å². The SMILES string of the molecule is C=C(c1cc(C2=CCCC=C2Cc2ccccc2)[nH]n1)N1CC[C@@H]2C[C@H]1CN2C#N. The number of nitrogens with zero attached hydrogens (tertiary/aromatic N) is 4. The number of aromatic nitrogens is 2. The topological polar surface area (TPSA) is 59.0 Å². The Kier molecular flexibility index (Phi) is 4.92. The van der Waals surface area contributed by atoms with Gasteiger partial charge in [-0.15, -0.1) is 0 Å². The van der Waals surface area contributed by atoms with Crippen molar-refractivity contribution in [2.24, 2.45) is 0 Å². The van der Waals surface area contributed by atoms with Crippen LogP contribution in [-0.4, -0.2) is 45.2 Å². The zero-order chi connectivity index (χ0) is 20.5. The Morgan fingerprint density at radius 2 is 2.03 bits per heavy atom. The Balaban J connectivity index is 1.34. The summed E-state index contributed by atoms with van der Waals surface area (Å²) in [6, 6.07) is 13.5. The largest absolute Gasteiger partial charge is 0.365 e. The number of benzene rings is 1. The number of nitrogens with one attached hydrogen (secondary N) is 1. The van der Waals surface area contributed by atoms with E-state index in [0.717, 1.165) is 62.3 Å². The van der Waals surface area contributed by atoms with Crippen LogP contribution < -0.4 is 0 Å². The molecule has 152 valence electrons. The van der Waals surface area contributed by atoms with Crippen molar-refractivity contribution in [3.63, 3.8) is 0 Å². The molecule has 3 aliphatic rings. The van der Waals surface area contributed by atoms with Crippen molar-refractivity contribution < 1.29 is 0 Å². The predicted molar refractivity (Wildman–Crippen MR) is 119 cm³/mol. The average Bonchev–Trinajstić information content (AvgIpc) is 3.39. The maximum absolute atomic E-state index is 9.34. The molecule has 2 saturated heterocycles. The zero-order valence-corrected chi connectivity index (χ0v) is 17.2. The zero-order valence-electron chi connectivity index (χ0n) is 17.2. The van der Waals surface area contributed by atoms with Gasteiger partial charge >= 0.3 is 0 Å². The molecule has 1 aromatic carbocycles. The minimum Gasteiger partial charge on any atom is -0.365 e. The van der Waals surface area contributed by atoms with Crippen molar-refractivity contribution in [1.29, 1.82) is 5.26 Å². The molecular weight excluding hydrogens is 370 g/mol. The molecule has 2 aliphatic heterocycles. The Morgan fingerprint density at radius 1 is 1.20 bits per heavy atom. The summed E-state index contributed by atoms with van der Waals surface area (Å²) in [4.78, 5) is 4.28. The van der Waals surface area contributed by atoms with Crippen LogP contribution in [0.3, 0.4) is 0 Å². The van der Waals surface area contributed by atoms with Gasteiger partial charge in [-0.3, -0.25) is 5.10 Å². The molecule has 1 N–H and O–H groups in total. The summed E-state index contributed by atoms with van der Waals surface area (Å²) in [6.07, 6.45) is 12.2. The number of allylic oxidation sites excluding steroid dienone is 4. The van der Waals surface area contributed by atoms with Crippen LogP contribution >= 0.6 is 0 Å². The van der Waals surface area contributed by atoms with Crippen molar-refractivity contribution in [2.75, 3.05) is 13.1 Å². The van der Waals surface area contributed by atoms with Crippen molar-refractivity contribution in [3.05, 3.63) is 77.7 Å². The first-order chi connectivity index (χ1) is 14.7. The lowest BCUT2D eigenvalue weighted by atomic mass is 9.90. The second-order valence-corrected chi connectivity index (χ2v) is 8.48. The third-order valence-electron chi connectivity index (χ3n) is 6.66. The first kappa shape index (κ1) is 18.7. The van der Waals surface area contributed by atoms with Gasteiger partial charge in [0.15, 0.2) is 6.19 Å². The van der Waals surface area contributed by atoms with Gasteiger partial charge in [-0.25, -0.2) is 0 Å². The van der Waals surface area contributed by atoms with Gasteiger partial charge in [0.1, 0.15) is 5.69 Å². The van der Waals surface area contributed by atoms with Gasteiger partial charge in [0.25, 0.3) is 0 Å². The number of piperidine rings is 1. The van der Waals surface area contributed by atoms with E-state index in [1.807, 2.05) is 4.90 Å². The molecule has 3 heterocycles. The molecule has 0 unspecified atom stereocenters. The molecule has 0 radical (unpaired) electrons. The van der Waals surface area contributed by atoms with E-state index in [0.29, 0.717) is 12.1 Å². The van der Waals surface area contributed by atoms with E-state index in [-0.39, 0.29) is 0 Å². The molecule has 1 aliphatic carbocycles. The lowest BCUT2D eigenvalue weighted by Crippen LogP contribution is -2.38. The van der Waals surface area contributed by atoms with Gasteiger partial charge < -0.3 is 9.80 Å². The highest BCUT2D eigenvalue weighted by atomic mass is 15.3. The maximum atomic E-state index is 9.34. The molecule has 0 saturated carbocycles. The summed E-state index contributed by atoms with van der Waals surface area (Å²) in [6.45, 7) is 6.11. The van der Waals surface area contributed by atoms with E-state index in [9.17, 15) is 5.26 Å². The fourth-order valence-electron chi connectivity index (χ4n) is 5.09. The fourth-order valence-corrected chi connectivity index (χ4v) is 5.09. The third kappa shape index (κ3) is 3.43.